The van der Waals surface area contributed by atoms with E-state index in [0.717, 1.165) is 12.1 Å². The quantitative estimate of drug-likeness (QED) is 0.941. The van der Waals surface area contributed by atoms with Gasteiger partial charge in [0.1, 0.15) is 4.47 Å². The summed E-state index contributed by atoms with van der Waals surface area (Å²) in [5.41, 5.74) is 0.747. The van der Waals surface area contributed by atoms with Crippen LogP contribution < -0.4 is 5.56 Å². The molecule has 0 saturated heterocycles. The minimum Gasteiger partial charge on any atom is -0.292 e. The van der Waals surface area contributed by atoms with Gasteiger partial charge in [0.2, 0.25) is 0 Å². The van der Waals surface area contributed by atoms with E-state index in [4.69, 9.17) is 0 Å². The largest absolute Gasteiger partial charge is 0.292 e. The van der Waals surface area contributed by atoms with E-state index in [2.05, 4.69) is 44.8 Å². The highest BCUT2D eigenvalue weighted by Crippen LogP contribution is 2.15. The Kier molecular flexibility index (Phi) is 3.42. The van der Waals surface area contributed by atoms with Crippen molar-refractivity contribution in [2.45, 2.75) is 20.3 Å². The van der Waals surface area contributed by atoms with Crippen LogP contribution in [0.3, 0.4) is 0 Å². The summed E-state index contributed by atoms with van der Waals surface area (Å²) in [5.74, 6) is 0.966. The van der Waals surface area contributed by atoms with Gasteiger partial charge in [0.05, 0.1) is 11.9 Å². The van der Waals surface area contributed by atoms with Crippen molar-refractivity contribution in [1.29, 1.82) is 0 Å². The third kappa shape index (κ3) is 2.46. The fourth-order valence-electron chi connectivity index (χ4n) is 1.57. The SMILES string of the molecule is CC(C)Cc1[nH]n(-c2cnccn2)c(=O)c1Br. The zero-order valence-corrected chi connectivity index (χ0v) is 11.2. The van der Waals surface area contributed by atoms with Crippen LogP contribution >= 0.6 is 15.9 Å². The molecule has 1 N–H and O–H groups in total. The first-order chi connectivity index (χ1) is 8.09. The van der Waals surface area contributed by atoms with Crippen LogP contribution in [0.25, 0.3) is 5.82 Å². The van der Waals surface area contributed by atoms with E-state index >= 15 is 0 Å². The monoisotopic (exact) mass is 296 g/mol. The second-order valence-corrected chi connectivity index (χ2v) is 5.00. The first-order valence-corrected chi connectivity index (χ1v) is 6.14. The summed E-state index contributed by atoms with van der Waals surface area (Å²) in [5, 5.41) is 3.05. The summed E-state index contributed by atoms with van der Waals surface area (Å²) in [6.07, 6.45) is 5.48. The van der Waals surface area contributed by atoms with E-state index in [1.165, 1.54) is 4.68 Å². The Bertz CT molecular complexity index is 559. The zero-order chi connectivity index (χ0) is 12.4. The summed E-state index contributed by atoms with van der Waals surface area (Å²) in [6, 6.07) is 0. The van der Waals surface area contributed by atoms with E-state index in [9.17, 15) is 4.79 Å². The van der Waals surface area contributed by atoms with Crippen molar-refractivity contribution < 1.29 is 0 Å². The highest BCUT2D eigenvalue weighted by atomic mass is 79.9. The van der Waals surface area contributed by atoms with Gasteiger partial charge in [-0.2, -0.15) is 4.68 Å². The van der Waals surface area contributed by atoms with E-state index in [-0.39, 0.29) is 5.56 Å². The van der Waals surface area contributed by atoms with E-state index in [1.807, 2.05) is 0 Å². The molecule has 0 aliphatic rings. The normalized spacial score (nSPS) is 11.1. The molecule has 17 heavy (non-hydrogen) atoms. The topological polar surface area (TPSA) is 63.6 Å². The number of rotatable bonds is 3. The molecule has 6 heteroatoms. The number of aromatic nitrogens is 4. The molecule has 2 aromatic rings. The summed E-state index contributed by atoms with van der Waals surface area (Å²) in [7, 11) is 0. The fraction of sp³-hybridized carbons (Fsp3) is 0.364. The Morgan fingerprint density at radius 3 is 2.82 bits per heavy atom. The molecule has 0 bridgehead atoms. The Labute approximate surface area is 107 Å². The van der Waals surface area contributed by atoms with Crippen LogP contribution in [-0.4, -0.2) is 19.7 Å². The third-order valence-corrected chi connectivity index (χ3v) is 3.11. The summed E-state index contributed by atoms with van der Waals surface area (Å²) in [4.78, 5) is 20.0. The zero-order valence-electron chi connectivity index (χ0n) is 9.64. The van der Waals surface area contributed by atoms with Gasteiger partial charge in [0.15, 0.2) is 5.82 Å². The number of nitrogens with zero attached hydrogens (tertiary/aromatic N) is 3. The highest BCUT2D eigenvalue weighted by Gasteiger charge is 2.14. The Balaban J connectivity index is 2.47. The molecule has 2 rings (SSSR count). The highest BCUT2D eigenvalue weighted by molar-refractivity contribution is 9.10. The Morgan fingerprint density at radius 1 is 1.47 bits per heavy atom. The predicted molar refractivity (Wildman–Crippen MR) is 68.2 cm³/mol. The average molecular weight is 297 g/mol. The van der Waals surface area contributed by atoms with Gasteiger partial charge in [0.25, 0.3) is 5.56 Å². The first kappa shape index (κ1) is 12.0. The lowest BCUT2D eigenvalue weighted by atomic mass is 10.1. The summed E-state index contributed by atoms with van der Waals surface area (Å²) < 4.78 is 1.96. The van der Waals surface area contributed by atoms with Gasteiger partial charge in [-0.3, -0.25) is 14.9 Å². The summed E-state index contributed by atoms with van der Waals surface area (Å²) >= 11 is 3.31. The van der Waals surface area contributed by atoms with Crippen molar-refractivity contribution in [3.05, 3.63) is 39.1 Å². The molecule has 90 valence electrons. The van der Waals surface area contributed by atoms with Gasteiger partial charge in [-0.15, -0.1) is 0 Å². The Morgan fingerprint density at radius 2 is 2.24 bits per heavy atom. The lowest BCUT2D eigenvalue weighted by molar-refractivity contribution is 0.625. The molecule has 0 amide bonds. The van der Waals surface area contributed by atoms with Gasteiger partial charge in [-0.1, -0.05) is 13.8 Å². The van der Waals surface area contributed by atoms with Gasteiger partial charge in [0, 0.05) is 12.4 Å². The lowest BCUT2D eigenvalue weighted by Crippen LogP contribution is -2.16. The second-order valence-electron chi connectivity index (χ2n) is 4.21. The molecule has 0 unspecified atom stereocenters. The van der Waals surface area contributed by atoms with Crippen molar-refractivity contribution in [1.82, 2.24) is 19.7 Å². The Hall–Kier alpha value is -1.43. The van der Waals surface area contributed by atoms with Gasteiger partial charge >= 0.3 is 0 Å². The molecular formula is C11H13BrN4O. The maximum absolute atomic E-state index is 12.0. The van der Waals surface area contributed by atoms with Crippen LogP contribution in [0.1, 0.15) is 19.5 Å². The molecule has 0 fully saturated rings. The van der Waals surface area contributed by atoms with Gasteiger partial charge < -0.3 is 0 Å². The number of H-pyrrole nitrogens is 1. The van der Waals surface area contributed by atoms with Crippen LogP contribution in [0.15, 0.2) is 27.9 Å². The molecule has 0 aliphatic carbocycles. The molecule has 5 nitrogen and oxygen atoms in total. The van der Waals surface area contributed by atoms with Gasteiger partial charge in [-0.25, -0.2) is 4.98 Å². The number of hydrogen-bond donors (Lipinski definition) is 1. The second kappa shape index (κ2) is 4.83. The van der Waals surface area contributed by atoms with Crippen molar-refractivity contribution in [3.8, 4) is 5.82 Å². The maximum atomic E-state index is 12.0. The predicted octanol–water partition coefficient (Wildman–Crippen LogP) is 1.92. The van der Waals surface area contributed by atoms with E-state index in [1.54, 1.807) is 18.6 Å². The first-order valence-electron chi connectivity index (χ1n) is 5.35. The third-order valence-electron chi connectivity index (χ3n) is 2.29. The standard InChI is InChI=1S/C11H13BrN4O/c1-7(2)5-8-10(12)11(17)16(15-8)9-6-13-3-4-14-9/h3-4,6-7,15H,5H2,1-2H3. The molecule has 0 aliphatic heterocycles. The number of nitrogens with one attached hydrogen (secondary N) is 1. The molecule has 2 aromatic heterocycles. The van der Waals surface area contributed by atoms with Crippen molar-refractivity contribution in [2.24, 2.45) is 5.92 Å². The summed E-state index contributed by atoms with van der Waals surface area (Å²) in [6.45, 7) is 4.20. The van der Waals surface area contributed by atoms with Crippen LogP contribution in [0.2, 0.25) is 0 Å². The van der Waals surface area contributed by atoms with Crippen LogP contribution in [0.4, 0.5) is 0 Å². The van der Waals surface area contributed by atoms with Crippen molar-refractivity contribution in [3.63, 3.8) is 0 Å². The van der Waals surface area contributed by atoms with E-state index in [0.29, 0.717) is 16.2 Å². The van der Waals surface area contributed by atoms with Crippen molar-refractivity contribution in [2.75, 3.05) is 0 Å². The molecule has 0 atom stereocenters. The number of aromatic amines is 1. The van der Waals surface area contributed by atoms with Gasteiger partial charge in [-0.05, 0) is 28.3 Å². The van der Waals surface area contributed by atoms with E-state index < -0.39 is 0 Å². The smallest absolute Gasteiger partial charge is 0.287 e. The minimum atomic E-state index is -0.138. The van der Waals surface area contributed by atoms with Crippen LogP contribution in [0.5, 0.6) is 0 Å². The number of halogens is 1. The van der Waals surface area contributed by atoms with Crippen LogP contribution in [0, 0.1) is 5.92 Å². The maximum Gasteiger partial charge on any atom is 0.287 e. The van der Waals surface area contributed by atoms with Crippen molar-refractivity contribution >= 4 is 15.9 Å². The molecule has 0 spiro atoms. The molecular weight excluding hydrogens is 284 g/mol. The molecule has 0 aromatic carbocycles. The molecule has 0 radical (unpaired) electrons. The minimum absolute atomic E-state index is 0.138. The average Bonchev–Trinajstić information content (AvgIpc) is 2.58. The number of hydrogen-bond acceptors (Lipinski definition) is 3. The lowest BCUT2D eigenvalue weighted by Gasteiger charge is -2.02. The molecule has 0 saturated carbocycles. The molecule has 2 heterocycles. The van der Waals surface area contributed by atoms with Crippen LogP contribution in [-0.2, 0) is 6.42 Å². The fourth-order valence-corrected chi connectivity index (χ4v) is 2.00.